The van der Waals surface area contributed by atoms with Crippen LogP contribution in [0.2, 0.25) is 0 Å². The van der Waals surface area contributed by atoms with Gasteiger partial charge >= 0.3 is 0 Å². The smallest absolute Gasteiger partial charge is 0.273 e. The second-order valence-electron chi connectivity index (χ2n) is 5.31. The predicted molar refractivity (Wildman–Crippen MR) is 79.9 cm³/mol. The zero-order valence-electron chi connectivity index (χ0n) is 12.6. The molecule has 2 heterocycles. The summed E-state index contributed by atoms with van der Waals surface area (Å²) in [5.41, 5.74) is 1.06. The summed E-state index contributed by atoms with van der Waals surface area (Å²) in [5, 5.41) is 6.74. The number of benzene rings is 1. The molecule has 22 heavy (non-hydrogen) atoms. The Labute approximate surface area is 128 Å². The van der Waals surface area contributed by atoms with Crippen LogP contribution in [0, 0.1) is 0 Å². The third-order valence-corrected chi connectivity index (χ3v) is 3.50. The summed E-state index contributed by atoms with van der Waals surface area (Å²) < 4.78 is 15.9. The highest BCUT2D eigenvalue weighted by Crippen LogP contribution is 2.35. The molecule has 3 rings (SSSR count). The summed E-state index contributed by atoms with van der Waals surface area (Å²) >= 11 is 0. The SMILES string of the molecule is CCC[C@@H](C)NC(=O)c1cc(-c2ccc3c(c2)OCO3)on1. The molecule has 0 fully saturated rings. The molecule has 1 aromatic carbocycles. The highest BCUT2D eigenvalue weighted by molar-refractivity contribution is 5.93. The van der Waals surface area contributed by atoms with E-state index in [1.165, 1.54) is 0 Å². The van der Waals surface area contributed by atoms with Crippen molar-refractivity contribution in [1.29, 1.82) is 0 Å². The maximum absolute atomic E-state index is 12.1. The third kappa shape index (κ3) is 2.90. The van der Waals surface area contributed by atoms with Gasteiger partial charge in [-0.15, -0.1) is 0 Å². The van der Waals surface area contributed by atoms with Crippen molar-refractivity contribution in [3.63, 3.8) is 0 Å². The number of amides is 1. The van der Waals surface area contributed by atoms with Gasteiger partial charge in [-0.1, -0.05) is 18.5 Å². The maximum atomic E-state index is 12.1. The Bertz CT molecular complexity index is 681. The van der Waals surface area contributed by atoms with Crippen molar-refractivity contribution in [1.82, 2.24) is 10.5 Å². The minimum Gasteiger partial charge on any atom is -0.454 e. The lowest BCUT2D eigenvalue weighted by Crippen LogP contribution is -2.32. The lowest BCUT2D eigenvalue weighted by Gasteiger charge is -2.10. The molecule has 1 aromatic heterocycles. The molecule has 116 valence electrons. The first-order chi connectivity index (χ1) is 10.7. The van der Waals surface area contributed by atoms with Gasteiger partial charge in [0.1, 0.15) is 0 Å². The summed E-state index contributed by atoms with van der Waals surface area (Å²) in [6.07, 6.45) is 1.95. The highest BCUT2D eigenvalue weighted by atomic mass is 16.7. The van der Waals surface area contributed by atoms with Crippen molar-refractivity contribution in [3.8, 4) is 22.8 Å². The van der Waals surface area contributed by atoms with E-state index in [9.17, 15) is 4.79 Å². The first-order valence-corrected chi connectivity index (χ1v) is 7.35. The Balaban J connectivity index is 1.75. The lowest BCUT2D eigenvalue weighted by molar-refractivity contribution is 0.0929. The van der Waals surface area contributed by atoms with Crippen LogP contribution in [-0.2, 0) is 0 Å². The molecule has 6 heteroatoms. The van der Waals surface area contributed by atoms with Crippen molar-refractivity contribution in [2.75, 3.05) is 6.79 Å². The molecule has 0 bridgehead atoms. The molecular formula is C16H18N2O4. The first kappa shape index (κ1) is 14.4. The van der Waals surface area contributed by atoms with Gasteiger partial charge < -0.3 is 19.3 Å². The van der Waals surface area contributed by atoms with Gasteiger partial charge in [-0.2, -0.15) is 0 Å². The summed E-state index contributed by atoms with van der Waals surface area (Å²) in [6, 6.07) is 7.21. The maximum Gasteiger partial charge on any atom is 0.273 e. The van der Waals surface area contributed by atoms with Gasteiger partial charge in [-0.05, 0) is 31.5 Å². The number of carbonyl (C=O) groups is 1. The van der Waals surface area contributed by atoms with Crippen LogP contribution in [-0.4, -0.2) is 23.9 Å². The Hall–Kier alpha value is -2.50. The molecule has 0 saturated heterocycles. The number of fused-ring (bicyclic) bond motifs is 1. The van der Waals surface area contributed by atoms with Gasteiger partial charge in [0, 0.05) is 17.7 Å². The van der Waals surface area contributed by atoms with E-state index in [4.69, 9.17) is 14.0 Å². The number of aromatic nitrogens is 1. The number of carbonyl (C=O) groups excluding carboxylic acids is 1. The molecule has 0 saturated carbocycles. The van der Waals surface area contributed by atoms with E-state index >= 15 is 0 Å². The van der Waals surface area contributed by atoms with E-state index < -0.39 is 0 Å². The zero-order valence-corrected chi connectivity index (χ0v) is 12.6. The van der Waals surface area contributed by atoms with Crippen LogP contribution in [0.25, 0.3) is 11.3 Å². The number of hydrogen-bond donors (Lipinski definition) is 1. The third-order valence-electron chi connectivity index (χ3n) is 3.50. The second kappa shape index (κ2) is 6.09. The van der Waals surface area contributed by atoms with Crippen molar-refractivity contribution < 1.29 is 18.8 Å². The van der Waals surface area contributed by atoms with Crippen LogP contribution in [0.15, 0.2) is 28.8 Å². The Morgan fingerprint density at radius 2 is 2.14 bits per heavy atom. The number of ether oxygens (including phenoxy) is 2. The molecular weight excluding hydrogens is 284 g/mol. The van der Waals surface area contributed by atoms with Crippen molar-refractivity contribution in [3.05, 3.63) is 30.0 Å². The van der Waals surface area contributed by atoms with Crippen LogP contribution in [0.3, 0.4) is 0 Å². The average molecular weight is 302 g/mol. The van der Waals surface area contributed by atoms with Crippen LogP contribution in [0.4, 0.5) is 0 Å². The van der Waals surface area contributed by atoms with Crippen LogP contribution in [0.5, 0.6) is 11.5 Å². The fraction of sp³-hybridized carbons (Fsp3) is 0.375. The van der Waals surface area contributed by atoms with Gasteiger partial charge in [0.15, 0.2) is 23.0 Å². The Morgan fingerprint density at radius 3 is 2.95 bits per heavy atom. The first-order valence-electron chi connectivity index (χ1n) is 7.35. The van der Waals surface area contributed by atoms with E-state index in [1.54, 1.807) is 6.07 Å². The van der Waals surface area contributed by atoms with Gasteiger partial charge in [0.25, 0.3) is 5.91 Å². The Kier molecular flexibility index (Phi) is 4.00. The fourth-order valence-electron chi connectivity index (χ4n) is 2.37. The highest BCUT2D eigenvalue weighted by Gasteiger charge is 2.18. The second-order valence-corrected chi connectivity index (χ2v) is 5.31. The van der Waals surface area contributed by atoms with E-state index in [-0.39, 0.29) is 24.4 Å². The molecule has 0 unspecified atom stereocenters. The number of hydrogen-bond acceptors (Lipinski definition) is 5. The lowest BCUT2D eigenvalue weighted by atomic mass is 10.1. The van der Waals surface area contributed by atoms with E-state index in [2.05, 4.69) is 17.4 Å². The van der Waals surface area contributed by atoms with Crippen LogP contribution < -0.4 is 14.8 Å². The molecule has 6 nitrogen and oxygen atoms in total. The molecule has 1 atom stereocenters. The van der Waals surface area contributed by atoms with Gasteiger partial charge in [0.05, 0.1) is 0 Å². The molecule has 2 aromatic rings. The molecule has 1 aliphatic rings. The Morgan fingerprint density at radius 1 is 1.32 bits per heavy atom. The predicted octanol–water partition coefficient (Wildman–Crippen LogP) is 2.99. The van der Waals surface area contributed by atoms with Crippen molar-refractivity contribution >= 4 is 5.91 Å². The molecule has 1 aliphatic heterocycles. The molecule has 0 aliphatic carbocycles. The minimum atomic E-state index is -0.225. The van der Waals surface area contributed by atoms with Gasteiger partial charge in [-0.3, -0.25) is 4.79 Å². The van der Waals surface area contributed by atoms with Crippen LogP contribution >= 0.6 is 0 Å². The minimum absolute atomic E-state index is 0.114. The summed E-state index contributed by atoms with van der Waals surface area (Å²) in [7, 11) is 0. The summed E-state index contributed by atoms with van der Waals surface area (Å²) in [5.74, 6) is 1.66. The standard InChI is InChI=1S/C16H18N2O4/c1-3-4-10(2)17-16(19)12-8-14(22-18-12)11-5-6-13-15(7-11)21-9-20-13/h5-8,10H,3-4,9H2,1-2H3,(H,17,19)/t10-/m1/s1. The number of nitrogens with zero attached hydrogens (tertiary/aromatic N) is 1. The topological polar surface area (TPSA) is 73.6 Å². The molecule has 1 N–H and O–H groups in total. The summed E-state index contributed by atoms with van der Waals surface area (Å²) in [4.78, 5) is 12.1. The normalized spacial score (nSPS) is 13.9. The largest absolute Gasteiger partial charge is 0.454 e. The van der Waals surface area contributed by atoms with E-state index in [0.717, 1.165) is 18.4 Å². The number of nitrogens with one attached hydrogen (secondary N) is 1. The van der Waals surface area contributed by atoms with Crippen molar-refractivity contribution in [2.45, 2.75) is 32.7 Å². The zero-order chi connectivity index (χ0) is 15.5. The monoisotopic (exact) mass is 302 g/mol. The average Bonchev–Trinajstić information content (AvgIpc) is 3.15. The quantitative estimate of drug-likeness (QED) is 0.919. The summed E-state index contributed by atoms with van der Waals surface area (Å²) in [6.45, 7) is 4.27. The van der Waals surface area contributed by atoms with E-state index in [0.29, 0.717) is 17.3 Å². The molecule has 1 amide bonds. The van der Waals surface area contributed by atoms with Gasteiger partial charge in [-0.25, -0.2) is 0 Å². The molecule has 0 spiro atoms. The van der Waals surface area contributed by atoms with Crippen LogP contribution in [0.1, 0.15) is 37.2 Å². The van der Waals surface area contributed by atoms with Crippen molar-refractivity contribution in [2.24, 2.45) is 0 Å². The number of rotatable bonds is 5. The van der Waals surface area contributed by atoms with E-state index in [1.807, 2.05) is 25.1 Å². The fourth-order valence-corrected chi connectivity index (χ4v) is 2.37. The molecule has 0 radical (unpaired) electrons. The van der Waals surface area contributed by atoms with Gasteiger partial charge in [0.2, 0.25) is 6.79 Å².